The number of aromatic nitrogens is 2. The summed E-state index contributed by atoms with van der Waals surface area (Å²) >= 11 is 3.34. The van der Waals surface area contributed by atoms with Crippen LogP contribution in [0.4, 0.5) is 0 Å². The van der Waals surface area contributed by atoms with Crippen LogP contribution in [0, 0.1) is 12.8 Å². The number of sulfonamides is 1. The van der Waals surface area contributed by atoms with Crippen molar-refractivity contribution in [2.45, 2.75) is 31.8 Å². The fourth-order valence-electron chi connectivity index (χ4n) is 1.21. The van der Waals surface area contributed by atoms with Gasteiger partial charge in [-0.15, -0.1) is 0 Å². The van der Waals surface area contributed by atoms with E-state index in [1.807, 2.05) is 13.8 Å². The molecule has 1 heterocycles. The molecule has 7 heteroatoms. The molecule has 0 radical (unpaired) electrons. The Morgan fingerprint density at radius 2 is 2.12 bits per heavy atom. The van der Waals surface area contributed by atoms with Crippen LogP contribution >= 0.6 is 15.9 Å². The summed E-state index contributed by atoms with van der Waals surface area (Å²) in [6, 6.07) is -0.137. The van der Waals surface area contributed by atoms with Crippen LogP contribution in [0.5, 0.6) is 0 Å². The van der Waals surface area contributed by atoms with Crippen LogP contribution in [0.25, 0.3) is 0 Å². The van der Waals surface area contributed by atoms with E-state index in [2.05, 4.69) is 25.6 Å². The van der Waals surface area contributed by atoms with Gasteiger partial charge in [-0.2, -0.15) is 0 Å². The third kappa shape index (κ3) is 3.53. The Morgan fingerprint density at radius 1 is 1.53 bits per heavy atom. The van der Waals surface area contributed by atoms with Gasteiger partial charge in [-0.1, -0.05) is 22.9 Å². The van der Waals surface area contributed by atoms with Gasteiger partial charge in [-0.05, 0) is 19.8 Å². The average molecular weight is 324 g/mol. The highest BCUT2D eigenvalue weighted by Crippen LogP contribution is 2.12. The van der Waals surface area contributed by atoms with Crippen LogP contribution in [0.2, 0.25) is 0 Å². The molecule has 1 aromatic rings. The lowest BCUT2D eigenvalue weighted by atomic mass is 10.1. The number of hydrogen-bond acceptors (Lipinski definition) is 3. The summed E-state index contributed by atoms with van der Waals surface area (Å²) in [5.74, 6) is 0.890. The van der Waals surface area contributed by atoms with E-state index in [9.17, 15) is 8.42 Å². The molecule has 0 aliphatic rings. The second kappa shape index (κ2) is 5.49. The highest BCUT2D eigenvalue weighted by atomic mass is 79.9. The van der Waals surface area contributed by atoms with Crippen LogP contribution in [0.1, 0.15) is 19.7 Å². The fraction of sp³-hybridized carbons (Fsp3) is 0.700. The maximum atomic E-state index is 12.0. The Labute approximate surface area is 111 Å². The van der Waals surface area contributed by atoms with Gasteiger partial charge in [0.1, 0.15) is 5.82 Å². The molecule has 0 aliphatic carbocycles. The zero-order valence-electron chi connectivity index (χ0n) is 10.4. The van der Waals surface area contributed by atoms with E-state index in [-0.39, 0.29) is 17.0 Å². The lowest BCUT2D eigenvalue weighted by molar-refractivity contribution is 0.483. The molecule has 17 heavy (non-hydrogen) atoms. The van der Waals surface area contributed by atoms with Crippen molar-refractivity contribution in [3.63, 3.8) is 0 Å². The van der Waals surface area contributed by atoms with Crippen molar-refractivity contribution < 1.29 is 8.42 Å². The number of imidazole rings is 1. The van der Waals surface area contributed by atoms with Gasteiger partial charge in [0.05, 0.1) is 0 Å². The van der Waals surface area contributed by atoms with E-state index in [4.69, 9.17) is 0 Å². The first kappa shape index (κ1) is 14.7. The van der Waals surface area contributed by atoms with E-state index in [1.165, 1.54) is 6.20 Å². The predicted octanol–water partition coefficient (Wildman–Crippen LogP) is 1.43. The third-order valence-electron chi connectivity index (χ3n) is 2.80. The third-order valence-corrected chi connectivity index (χ3v) is 5.25. The van der Waals surface area contributed by atoms with Crippen molar-refractivity contribution in [2.24, 2.45) is 13.0 Å². The predicted molar refractivity (Wildman–Crippen MR) is 70.7 cm³/mol. The van der Waals surface area contributed by atoms with Gasteiger partial charge in [0.2, 0.25) is 0 Å². The fourth-order valence-corrected chi connectivity index (χ4v) is 3.16. The van der Waals surface area contributed by atoms with Crippen LogP contribution in [0.15, 0.2) is 11.2 Å². The molecule has 0 aliphatic heterocycles. The van der Waals surface area contributed by atoms with Gasteiger partial charge >= 0.3 is 0 Å². The van der Waals surface area contributed by atoms with Crippen LogP contribution < -0.4 is 4.72 Å². The van der Waals surface area contributed by atoms with Crippen molar-refractivity contribution in [1.82, 2.24) is 14.3 Å². The Balaban J connectivity index is 2.89. The summed E-state index contributed by atoms with van der Waals surface area (Å²) in [4.78, 5) is 4.02. The average Bonchev–Trinajstić information content (AvgIpc) is 2.58. The second-order valence-electron chi connectivity index (χ2n) is 4.28. The number of rotatable bonds is 5. The standard InChI is InChI=1S/C10H18BrN3O2S/c1-7(5-11)8(2)13-17(15,16)10-6-14(4)9(3)12-10/h6-8,13H,5H2,1-4H3. The van der Waals surface area contributed by atoms with E-state index >= 15 is 0 Å². The second-order valence-corrected chi connectivity index (χ2v) is 6.59. The normalized spacial score (nSPS) is 15.8. The number of hydrogen-bond donors (Lipinski definition) is 1. The smallest absolute Gasteiger partial charge is 0.259 e. The molecule has 0 spiro atoms. The molecule has 1 aromatic heterocycles. The minimum absolute atomic E-state index is 0.0751. The number of nitrogens with one attached hydrogen (secondary N) is 1. The summed E-state index contributed by atoms with van der Waals surface area (Å²) < 4.78 is 28.4. The maximum Gasteiger partial charge on any atom is 0.259 e. The molecule has 0 fully saturated rings. The van der Waals surface area contributed by atoms with E-state index in [1.54, 1.807) is 18.5 Å². The summed E-state index contributed by atoms with van der Waals surface area (Å²) in [7, 11) is -1.75. The first-order valence-corrected chi connectivity index (χ1v) is 7.96. The van der Waals surface area contributed by atoms with Crippen molar-refractivity contribution >= 4 is 26.0 Å². The molecule has 0 amide bonds. The lowest BCUT2D eigenvalue weighted by Crippen LogP contribution is -2.37. The van der Waals surface area contributed by atoms with E-state index in [0.29, 0.717) is 5.82 Å². The molecule has 2 atom stereocenters. The zero-order valence-corrected chi connectivity index (χ0v) is 12.8. The molecular formula is C10H18BrN3O2S. The minimum Gasteiger partial charge on any atom is -0.337 e. The summed E-state index contributed by atoms with van der Waals surface area (Å²) in [6.07, 6.45) is 1.52. The van der Waals surface area contributed by atoms with E-state index < -0.39 is 10.0 Å². The molecule has 0 saturated carbocycles. The first-order chi connectivity index (χ1) is 7.77. The highest BCUT2D eigenvalue weighted by Gasteiger charge is 2.23. The van der Waals surface area contributed by atoms with Gasteiger partial charge in [-0.3, -0.25) is 0 Å². The van der Waals surface area contributed by atoms with Crippen LogP contribution in [-0.2, 0) is 17.1 Å². The molecule has 98 valence electrons. The van der Waals surface area contributed by atoms with Crippen molar-refractivity contribution in [1.29, 1.82) is 0 Å². The zero-order chi connectivity index (χ0) is 13.2. The molecule has 0 saturated heterocycles. The summed E-state index contributed by atoms with van der Waals surface area (Å²) in [6.45, 7) is 5.59. The highest BCUT2D eigenvalue weighted by molar-refractivity contribution is 9.09. The molecule has 1 N–H and O–H groups in total. The maximum absolute atomic E-state index is 12.0. The van der Waals surface area contributed by atoms with Crippen molar-refractivity contribution in [2.75, 3.05) is 5.33 Å². The lowest BCUT2D eigenvalue weighted by Gasteiger charge is -2.18. The molecule has 5 nitrogen and oxygen atoms in total. The quantitative estimate of drug-likeness (QED) is 0.834. The molecule has 0 aromatic carbocycles. The van der Waals surface area contributed by atoms with Crippen molar-refractivity contribution in [3.05, 3.63) is 12.0 Å². The molecule has 1 rings (SSSR count). The first-order valence-electron chi connectivity index (χ1n) is 5.36. The Bertz CT molecular complexity index is 464. The largest absolute Gasteiger partial charge is 0.337 e. The Hall–Kier alpha value is -0.400. The number of halogens is 1. The number of alkyl halides is 1. The minimum atomic E-state index is -3.52. The number of nitrogens with zero attached hydrogens (tertiary/aromatic N) is 2. The summed E-state index contributed by atoms with van der Waals surface area (Å²) in [5, 5.41) is 0.823. The summed E-state index contributed by atoms with van der Waals surface area (Å²) in [5.41, 5.74) is 0. The Morgan fingerprint density at radius 3 is 2.53 bits per heavy atom. The SMILES string of the molecule is Cc1nc(S(=O)(=O)NC(C)C(C)CBr)cn1C. The monoisotopic (exact) mass is 323 g/mol. The van der Waals surface area contributed by atoms with Gasteiger partial charge in [0, 0.05) is 24.6 Å². The van der Waals surface area contributed by atoms with Gasteiger partial charge in [0.25, 0.3) is 10.0 Å². The van der Waals surface area contributed by atoms with Gasteiger partial charge in [0.15, 0.2) is 5.03 Å². The van der Waals surface area contributed by atoms with Gasteiger partial charge in [-0.25, -0.2) is 18.1 Å². The van der Waals surface area contributed by atoms with Crippen LogP contribution in [0.3, 0.4) is 0 Å². The Kier molecular flexibility index (Phi) is 4.74. The molecular weight excluding hydrogens is 306 g/mol. The van der Waals surface area contributed by atoms with Crippen LogP contribution in [-0.4, -0.2) is 29.3 Å². The topological polar surface area (TPSA) is 64.0 Å². The van der Waals surface area contributed by atoms with Crippen molar-refractivity contribution in [3.8, 4) is 0 Å². The van der Waals surface area contributed by atoms with E-state index in [0.717, 1.165) is 5.33 Å². The van der Waals surface area contributed by atoms with Gasteiger partial charge < -0.3 is 4.57 Å². The molecule has 2 unspecified atom stereocenters. The number of aryl methyl sites for hydroxylation is 2. The molecule has 0 bridgehead atoms.